The molecule has 0 bridgehead atoms. The lowest BCUT2D eigenvalue weighted by atomic mass is 10.2. The molecule has 1 saturated heterocycles. The summed E-state index contributed by atoms with van der Waals surface area (Å²) in [4.78, 5) is 21.9. The van der Waals surface area contributed by atoms with Gasteiger partial charge in [-0.15, -0.1) is 0 Å². The molecule has 0 aromatic rings. The Bertz CT molecular complexity index is 314. The minimum atomic E-state index is -1.68. The summed E-state index contributed by atoms with van der Waals surface area (Å²) < 4.78 is 16.7. The highest BCUT2D eigenvalue weighted by Gasteiger charge is 2.22. The van der Waals surface area contributed by atoms with Crippen LogP contribution in [0.5, 0.6) is 0 Å². The van der Waals surface area contributed by atoms with Crippen LogP contribution in [-0.4, -0.2) is 51.5 Å². The molecule has 0 aliphatic carbocycles. The topological polar surface area (TPSA) is 92.7 Å². The summed E-state index contributed by atoms with van der Waals surface area (Å²) in [7, 11) is -1.68. The molecule has 1 amide bonds. The summed E-state index contributed by atoms with van der Waals surface area (Å²) in [5, 5.41) is 10.2. The molecule has 0 saturated carbocycles. The highest BCUT2D eigenvalue weighted by molar-refractivity contribution is 7.87. The largest absolute Gasteiger partial charge is 0.480 e. The Balaban J connectivity index is 2.24. The number of carbonyl (C=O) groups excluding carboxylic acids is 1. The minimum Gasteiger partial charge on any atom is -0.480 e. The van der Waals surface area contributed by atoms with Crippen molar-refractivity contribution in [2.24, 2.45) is 0 Å². The zero-order valence-electron chi connectivity index (χ0n) is 9.68. The van der Waals surface area contributed by atoms with E-state index < -0.39 is 27.9 Å². The minimum absolute atomic E-state index is 0.0317. The number of amides is 1. The van der Waals surface area contributed by atoms with Gasteiger partial charge in [-0.2, -0.15) is 0 Å². The molecular weight excluding hydrogens is 246 g/mol. The van der Waals surface area contributed by atoms with Crippen molar-refractivity contribution in [3.8, 4) is 0 Å². The Labute approximate surface area is 102 Å². The van der Waals surface area contributed by atoms with Crippen molar-refractivity contribution in [2.75, 3.05) is 18.9 Å². The molecule has 0 spiro atoms. The van der Waals surface area contributed by atoms with E-state index in [0.29, 0.717) is 13.2 Å². The van der Waals surface area contributed by atoms with E-state index in [1.165, 1.54) is 6.92 Å². The predicted octanol–water partition coefficient (Wildman–Crippen LogP) is -0.497. The van der Waals surface area contributed by atoms with Crippen molar-refractivity contribution in [1.29, 1.82) is 0 Å². The van der Waals surface area contributed by atoms with Crippen LogP contribution in [0.3, 0.4) is 0 Å². The van der Waals surface area contributed by atoms with Crippen molar-refractivity contribution in [2.45, 2.75) is 31.1 Å². The van der Waals surface area contributed by atoms with E-state index in [2.05, 4.69) is 5.32 Å². The van der Waals surface area contributed by atoms with Crippen LogP contribution >= 0.6 is 0 Å². The van der Waals surface area contributed by atoms with E-state index in [-0.39, 0.29) is 11.9 Å². The van der Waals surface area contributed by atoms with Gasteiger partial charge < -0.3 is 15.2 Å². The molecule has 0 aromatic carbocycles. The normalized spacial score (nSPS) is 23.0. The van der Waals surface area contributed by atoms with Crippen LogP contribution in [0.2, 0.25) is 0 Å². The number of aliphatic carboxylic acids is 1. The van der Waals surface area contributed by atoms with E-state index in [9.17, 15) is 13.8 Å². The predicted molar refractivity (Wildman–Crippen MR) is 62.1 cm³/mol. The number of carboxylic acid groups (broad SMARTS) is 1. The Morgan fingerprint density at radius 3 is 2.82 bits per heavy atom. The lowest BCUT2D eigenvalue weighted by Crippen LogP contribution is -2.37. The quantitative estimate of drug-likeness (QED) is 0.674. The fourth-order valence-corrected chi connectivity index (χ4v) is 2.29. The van der Waals surface area contributed by atoms with Gasteiger partial charge in [0.15, 0.2) is 0 Å². The second kappa shape index (κ2) is 6.70. The summed E-state index contributed by atoms with van der Waals surface area (Å²) in [6.07, 6.45) is 1.93. The first-order chi connectivity index (χ1) is 8.00. The Morgan fingerprint density at radius 2 is 2.29 bits per heavy atom. The van der Waals surface area contributed by atoms with Crippen molar-refractivity contribution in [3.63, 3.8) is 0 Å². The van der Waals surface area contributed by atoms with Crippen molar-refractivity contribution in [3.05, 3.63) is 0 Å². The van der Waals surface area contributed by atoms with Crippen molar-refractivity contribution >= 4 is 22.7 Å². The summed E-state index contributed by atoms with van der Waals surface area (Å²) in [6.45, 7) is 2.44. The summed E-state index contributed by atoms with van der Waals surface area (Å²) in [5.41, 5.74) is 0. The van der Waals surface area contributed by atoms with Crippen LogP contribution in [-0.2, 0) is 25.1 Å². The Morgan fingerprint density at radius 1 is 1.59 bits per heavy atom. The molecule has 1 heterocycles. The highest BCUT2D eigenvalue weighted by Crippen LogP contribution is 2.10. The lowest BCUT2D eigenvalue weighted by Gasteiger charge is -2.11. The maximum absolute atomic E-state index is 11.4. The second-order valence-corrected chi connectivity index (χ2v) is 5.70. The number of hydrogen-bond acceptors (Lipinski definition) is 4. The number of ether oxygens (including phenoxy) is 1. The van der Waals surface area contributed by atoms with Crippen molar-refractivity contribution in [1.82, 2.24) is 5.32 Å². The molecule has 98 valence electrons. The van der Waals surface area contributed by atoms with Crippen LogP contribution in [0.25, 0.3) is 0 Å². The fraction of sp³-hybridized carbons (Fsp3) is 0.800. The SMILES string of the molecule is CC(C(=O)O)S(=O)CC(=O)NCC1CCCO1. The molecule has 0 radical (unpaired) electrons. The first-order valence-electron chi connectivity index (χ1n) is 5.49. The molecule has 7 heteroatoms. The van der Waals surface area contributed by atoms with Gasteiger partial charge in [0.05, 0.1) is 6.10 Å². The number of carbonyl (C=O) groups is 2. The third-order valence-electron chi connectivity index (χ3n) is 2.57. The van der Waals surface area contributed by atoms with Crippen LogP contribution < -0.4 is 5.32 Å². The van der Waals surface area contributed by atoms with Gasteiger partial charge in [0.2, 0.25) is 5.91 Å². The van der Waals surface area contributed by atoms with E-state index in [0.717, 1.165) is 12.8 Å². The third-order valence-corrected chi connectivity index (χ3v) is 4.10. The monoisotopic (exact) mass is 263 g/mol. The molecule has 1 aliphatic heterocycles. The van der Waals surface area contributed by atoms with E-state index >= 15 is 0 Å². The third kappa shape index (κ3) is 4.82. The lowest BCUT2D eigenvalue weighted by molar-refractivity contribution is -0.136. The van der Waals surface area contributed by atoms with Gasteiger partial charge in [-0.05, 0) is 19.8 Å². The van der Waals surface area contributed by atoms with Gasteiger partial charge in [-0.25, -0.2) is 0 Å². The van der Waals surface area contributed by atoms with Crippen LogP contribution in [0.15, 0.2) is 0 Å². The standard InChI is InChI=1S/C10H17NO5S/c1-7(10(13)14)17(15)6-9(12)11-5-8-3-2-4-16-8/h7-8H,2-6H2,1H3,(H,11,12)(H,13,14). The molecule has 3 unspecified atom stereocenters. The Hall–Kier alpha value is -0.950. The highest BCUT2D eigenvalue weighted by atomic mass is 32.2. The molecule has 1 aliphatic rings. The summed E-state index contributed by atoms with van der Waals surface area (Å²) in [5.74, 6) is -1.83. The van der Waals surface area contributed by atoms with Crippen LogP contribution in [0, 0.1) is 0 Å². The number of nitrogens with one attached hydrogen (secondary N) is 1. The smallest absolute Gasteiger partial charge is 0.318 e. The van der Waals surface area contributed by atoms with Crippen molar-refractivity contribution < 1.29 is 23.6 Å². The van der Waals surface area contributed by atoms with Gasteiger partial charge in [0.25, 0.3) is 0 Å². The van der Waals surface area contributed by atoms with E-state index in [4.69, 9.17) is 9.84 Å². The maximum Gasteiger partial charge on any atom is 0.318 e. The number of carboxylic acids is 1. The summed E-state index contributed by atoms with van der Waals surface area (Å²) in [6, 6.07) is 0. The molecular formula is C10H17NO5S. The molecule has 6 nitrogen and oxygen atoms in total. The molecule has 1 rings (SSSR count). The Kier molecular flexibility index (Phi) is 5.57. The first kappa shape index (κ1) is 14.1. The average Bonchev–Trinajstić information content (AvgIpc) is 2.77. The zero-order valence-corrected chi connectivity index (χ0v) is 10.5. The average molecular weight is 263 g/mol. The first-order valence-corrected chi connectivity index (χ1v) is 6.87. The van der Waals surface area contributed by atoms with Gasteiger partial charge in [0, 0.05) is 24.0 Å². The molecule has 2 N–H and O–H groups in total. The number of rotatable bonds is 6. The molecule has 1 fully saturated rings. The van der Waals surface area contributed by atoms with Gasteiger partial charge in [-0.3, -0.25) is 13.8 Å². The van der Waals surface area contributed by atoms with Gasteiger partial charge in [0.1, 0.15) is 11.0 Å². The molecule has 0 aromatic heterocycles. The van der Waals surface area contributed by atoms with E-state index in [1.54, 1.807) is 0 Å². The second-order valence-electron chi connectivity index (χ2n) is 3.94. The van der Waals surface area contributed by atoms with Crippen LogP contribution in [0.1, 0.15) is 19.8 Å². The fourth-order valence-electron chi connectivity index (χ4n) is 1.45. The maximum atomic E-state index is 11.4. The molecule has 3 atom stereocenters. The molecule has 17 heavy (non-hydrogen) atoms. The number of hydrogen-bond donors (Lipinski definition) is 2. The summed E-state index contributed by atoms with van der Waals surface area (Å²) >= 11 is 0. The van der Waals surface area contributed by atoms with E-state index in [1.807, 2.05) is 0 Å². The van der Waals surface area contributed by atoms with Gasteiger partial charge in [-0.1, -0.05) is 0 Å². The van der Waals surface area contributed by atoms with Gasteiger partial charge >= 0.3 is 5.97 Å². The zero-order chi connectivity index (χ0) is 12.8. The van der Waals surface area contributed by atoms with Crippen LogP contribution in [0.4, 0.5) is 0 Å².